The summed E-state index contributed by atoms with van der Waals surface area (Å²) in [5.74, 6) is 1.41. The lowest BCUT2D eigenvalue weighted by Crippen LogP contribution is -2.52. The number of hydrogen-bond donors (Lipinski definition) is 2. The van der Waals surface area contributed by atoms with Crippen LogP contribution in [0, 0.1) is 0 Å². The molecule has 14 heteroatoms. The fraction of sp³-hybridized carbons (Fsp3) is 0.438. The van der Waals surface area contributed by atoms with Gasteiger partial charge >= 0.3 is 0 Å². The largest absolute Gasteiger partial charge is 0.494 e. The van der Waals surface area contributed by atoms with Gasteiger partial charge in [-0.15, -0.1) is 0 Å². The third kappa shape index (κ3) is 6.89. The van der Waals surface area contributed by atoms with Crippen LogP contribution in [0.4, 0.5) is 28.8 Å². The van der Waals surface area contributed by atoms with E-state index in [0.29, 0.717) is 44.8 Å². The number of aryl methyl sites for hydroxylation is 1. The van der Waals surface area contributed by atoms with Crippen molar-refractivity contribution >= 4 is 65.6 Å². The first-order chi connectivity index (χ1) is 22.1. The van der Waals surface area contributed by atoms with Gasteiger partial charge in [-0.3, -0.25) is 14.9 Å². The van der Waals surface area contributed by atoms with Gasteiger partial charge in [-0.05, 0) is 66.0 Å². The topological polar surface area (TPSA) is 129 Å². The highest BCUT2D eigenvalue weighted by atomic mass is 79.9. The molecule has 0 saturated carbocycles. The van der Waals surface area contributed by atoms with E-state index >= 15 is 0 Å². The molecule has 244 valence electrons. The molecule has 0 spiro atoms. The van der Waals surface area contributed by atoms with E-state index in [9.17, 15) is 8.42 Å². The summed E-state index contributed by atoms with van der Waals surface area (Å²) in [7, 11) is 0.214. The maximum atomic E-state index is 12.8. The molecule has 2 saturated heterocycles. The zero-order valence-corrected chi connectivity index (χ0v) is 29.0. The van der Waals surface area contributed by atoms with E-state index in [4.69, 9.17) is 4.74 Å². The molecule has 46 heavy (non-hydrogen) atoms. The Labute approximate surface area is 278 Å². The zero-order valence-electron chi connectivity index (χ0n) is 26.6. The number of nitrogens with zero attached hydrogens (tertiary/aromatic N) is 7. The van der Waals surface area contributed by atoms with Crippen molar-refractivity contribution in [3.8, 4) is 5.75 Å². The summed E-state index contributed by atoms with van der Waals surface area (Å²) in [6.07, 6.45) is 8.95. The molecule has 4 aromatic rings. The van der Waals surface area contributed by atoms with Crippen LogP contribution in [0.25, 0.3) is 11.0 Å². The van der Waals surface area contributed by atoms with E-state index in [-0.39, 0.29) is 4.90 Å². The normalized spacial score (nSPS) is 16.9. The van der Waals surface area contributed by atoms with E-state index in [1.54, 1.807) is 25.4 Å². The molecule has 2 aliphatic heterocycles. The number of likely N-dealkylation sites (N-methyl/N-ethyl adjacent to an activating group) is 1. The van der Waals surface area contributed by atoms with Gasteiger partial charge in [0.25, 0.3) is 0 Å². The molecule has 6 rings (SSSR count). The number of ether oxygens (including phenoxy) is 1. The monoisotopic (exact) mass is 709 g/mol. The van der Waals surface area contributed by atoms with Crippen molar-refractivity contribution in [3.05, 3.63) is 52.9 Å². The second-order valence-corrected chi connectivity index (χ2v) is 14.7. The summed E-state index contributed by atoms with van der Waals surface area (Å²) in [5.41, 5.74) is 4.28. The van der Waals surface area contributed by atoms with Gasteiger partial charge in [0.15, 0.2) is 9.84 Å². The van der Waals surface area contributed by atoms with Gasteiger partial charge in [0.1, 0.15) is 22.0 Å². The molecule has 0 radical (unpaired) electrons. The standard InChI is InChI=1S/C32H40BrN9O3S/c1-5-21-18-26(28(45-3)19-27(21)42-12-8-22(9-13-42)41-16-14-40(2)15-17-41)38-32-36-20-23(33)31(39-32)37-25-7-6-24-29(35-11-10-34-24)30(25)46(4,43)44/h6-7,10-11,18-20,22H,5,8-9,12-17H2,1-4H3,(H2,36,37,38,39). The van der Waals surface area contributed by atoms with Crippen molar-refractivity contribution < 1.29 is 13.2 Å². The van der Waals surface area contributed by atoms with Crippen LogP contribution in [0.2, 0.25) is 0 Å². The molecule has 2 N–H and O–H groups in total. The lowest BCUT2D eigenvalue weighted by molar-refractivity contribution is 0.0982. The van der Waals surface area contributed by atoms with E-state index < -0.39 is 9.84 Å². The molecule has 0 atom stereocenters. The number of halogens is 1. The highest BCUT2D eigenvalue weighted by molar-refractivity contribution is 9.10. The summed E-state index contributed by atoms with van der Waals surface area (Å²) in [5, 5.41) is 6.50. The smallest absolute Gasteiger partial charge is 0.229 e. The maximum absolute atomic E-state index is 12.8. The van der Waals surface area contributed by atoms with Crippen LogP contribution in [0.3, 0.4) is 0 Å². The highest BCUT2D eigenvalue weighted by Gasteiger charge is 2.28. The number of hydrogen-bond acceptors (Lipinski definition) is 12. The van der Waals surface area contributed by atoms with Crippen molar-refractivity contribution in [1.82, 2.24) is 29.7 Å². The first-order valence-corrected chi connectivity index (χ1v) is 18.2. The number of sulfone groups is 1. The molecule has 2 fully saturated rings. The highest BCUT2D eigenvalue weighted by Crippen LogP contribution is 2.38. The third-order valence-corrected chi connectivity index (χ3v) is 10.6. The summed E-state index contributed by atoms with van der Waals surface area (Å²) in [6.45, 7) is 8.79. The Morgan fingerprint density at radius 2 is 1.72 bits per heavy atom. The van der Waals surface area contributed by atoms with Crippen molar-refractivity contribution in [2.75, 3.05) is 75.2 Å². The summed E-state index contributed by atoms with van der Waals surface area (Å²) >= 11 is 3.51. The lowest BCUT2D eigenvalue weighted by Gasteiger charge is -2.43. The average molecular weight is 711 g/mol. The second-order valence-electron chi connectivity index (χ2n) is 11.9. The Kier molecular flexibility index (Phi) is 9.59. The van der Waals surface area contributed by atoms with Gasteiger partial charge in [0.05, 0.1) is 28.5 Å². The second kappa shape index (κ2) is 13.6. The average Bonchev–Trinajstić information content (AvgIpc) is 3.06. The molecule has 0 unspecified atom stereocenters. The van der Waals surface area contributed by atoms with Crippen LogP contribution < -0.4 is 20.3 Å². The maximum Gasteiger partial charge on any atom is 0.229 e. The minimum absolute atomic E-state index is 0.0514. The Hall–Kier alpha value is -3.59. The molecule has 0 aliphatic carbocycles. The predicted molar refractivity (Wildman–Crippen MR) is 186 cm³/mol. The number of rotatable bonds is 9. The van der Waals surface area contributed by atoms with Crippen LogP contribution in [0.15, 0.2) is 52.2 Å². The van der Waals surface area contributed by atoms with Gasteiger partial charge in [-0.25, -0.2) is 13.4 Å². The Morgan fingerprint density at radius 1 is 0.978 bits per heavy atom. The van der Waals surface area contributed by atoms with Gasteiger partial charge in [0.2, 0.25) is 5.95 Å². The predicted octanol–water partition coefficient (Wildman–Crippen LogP) is 4.86. The van der Waals surface area contributed by atoms with Crippen molar-refractivity contribution in [2.45, 2.75) is 37.1 Å². The Morgan fingerprint density at radius 3 is 2.41 bits per heavy atom. The van der Waals surface area contributed by atoms with Crippen LogP contribution >= 0.6 is 15.9 Å². The molecule has 4 heterocycles. The first-order valence-electron chi connectivity index (χ1n) is 15.5. The van der Waals surface area contributed by atoms with E-state index in [0.717, 1.165) is 70.5 Å². The van der Waals surface area contributed by atoms with Crippen molar-refractivity contribution in [3.63, 3.8) is 0 Å². The SMILES string of the molecule is CCc1cc(Nc2ncc(Br)c(Nc3ccc4nccnc4c3S(C)(=O)=O)n2)c(OC)cc1N1CCC(N2CCN(C)CC2)CC1. The molecular formula is C32H40BrN9O3S. The van der Waals surface area contributed by atoms with Gasteiger partial charge < -0.3 is 25.2 Å². The fourth-order valence-corrected chi connectivity index (χ4v) is 7.68. The molecule has 2 aliphatic rings. The molecule has 0 bridgehead atoms. The number of anilines is 5. The minimum atomic E-state index is -3.66. The molecular weight excluding hydrogens is 670 g/mol. The van der Waals surface area contributed by atoms with E-state index in [2.05, 4.69) is 87.3 Å². The number of piperazine rings is 1. The third-order valence-electron chi connectivity index (χ3n) is 8.85. The first kappa shape index (κ1) is 32.4. The number of piperidine rings is 1. The Balaban J connectivity index is 1.23. The van der Waals surface area contributed by atoms with Gasteiger partial charge in [-0.2, -0.15) is 4.98 Å². The molecule has 12 nitrogen and oxygen atoms in total. The van der Waals surface area contributed by atoms with Gasteiger partial charge in [0, 0.05) is 81.9 Å². The quantitative estimate of drug-likeness (QED) is 0.246. The molecule has 2 aromatic carbocycles. The Bertz CT molecular complexity index is 1830. The van der Waals surface area contributed by atoms with Crippen LogP contribution in [0.5, 0.6) is 5.75 Å². The zero-order chi connectivity index (χ0) is 32.4. The number of methoxy groups -OCH3 is 1. The minimum Gasteiger partial charge on any atom is -0.494 e. The molecule has 0 amide bonds. The summed E-state index contributed by atoms with van der Waals surface area (Å²) in [4.78, 5) is 25.3. The van der Waals surface area contributed by atoms with Crippen molar-refractivity contribution in [1.29, 1.82) is 0 Å². The van der Waals surface area contributed by atoms with Crippen molar-refractivity contribution in [2.24, 2.45) is 0 Å². The van der Waals surface area contributed by atoms with E-state index in [1.807, 2.05) is 0 Å². The van der Waals surface area contributed by atoms with Gasteiger partial charge in [-0.1, -0.05) is 6.92 Å². The van der Waals surface area contributed by atoms with E-state index in [1.165, 1.54) is 23.6 Å². The number of fused-ring (bicyclic) bond motifs is 1. The van der Waals surface area contributed by atoms with Crippen LogP contribution in [0.1, 0.15) is 25.3 Å². The van der Waals surface area contributed by atoms with Crippen LogP contribution in [-0.2, 0) is 16.3 Å². The molecule has 2 aromatic heterocycles. The van der Waals surface area contributed by atoms with Crippen LogP contribution in [-0.4, -0.2) is 104 Å². The number of benzene rings is 2. The summed E-state index contributed by atoms with van der Waals surface area (Å²) < 4.78 is 32.1. The number of nitrogens with one attached hydrogen (secondary N) is 2. The lowest BCUT2D eigenvalue weighted by atomic mass is 9.99. The fourth-order valence-electron chi connectivity index (χ4n) is 6.37. The summed E-state index contributed by atoms with van der Waals surface area (Å²) in [6, 6.07) is 8.26. The number of aromatic nitrogens is 4.